The Balaban J connectivity index is 1.90. The normalized spacial score (nSPS) is 16.5. The van der Waals surface area contributed by atoms with Crippen molar-refractivity contribution in [3.8, 4) is 0 Å². The van der Waals surface area contributed by atoms with Crippen molar-refractivity contribution in [1.82, 2.24) is 9.80 Å². The molecule has 1 aromatic rings. The highest BCUT2D eigenvalue weighted by Gasteiger charge is 2.29. The van der Waals surface area contributed by atoms with Crippen molar-refractivity contribution in [2.75, 3.05) is 40.0 Å². The molecule has 1 N–H and O–H groups in total. The summed E-state index contributed by atoms with van der Waals surface area (Å²) in [5, 5.41) is 9.19. The van der Waals surface area contributed by atoms with Crippen LogP contribution in [-0.2, 0) is 20.9 Å². The van der Waals surface area contributed by atoms with Gasteiger partial charge in [-0.05, 0) is 12.0 Å². The largest absolute Gasteiger partial charge is 0.445 e. The summed E-state index contributed by atoms with van der Waals surface area (Å²) < 4.78 is 10.5. The number of ether oxygens (including phenoxy) is 2. The van der Waals surface area contributed by atoms with Gasteiger partial charge in [0.15, 0.2) is 0 Å². The van der Waals surface area contributed by atoms with Crippen LogP contribution in [0.2, 0.25) is 0 Å². The van der Waals surface area contributed by atoms with Gasteiger partial charge in [0.25, 0.3) is 0 Å². The minimum Gasteiger partial charge on any atom is -0.445 e. The molecule has 1 aliphatic rings. The van der Waals surface area contributed by atoms with Gasteiger partial charge in [0, 0.05) is 39.8 Å². The van der Waals surface area contributed by atoms with E-state index in [1.807, 2.05) is 30.3 Å². The Morgan fingerprint density at radius 1 is 1.24 bits per heavy atom. The van der Waals surface area contributed by atoms with Crippen molar-refractivity contribution in [3.63, 3.8) is 0 Å². The lowest BCUT2D eigenvalue weighted by Gasteiger charge is -2.30. The van der Waals surface area contributed by atoms with E-state index in [2.05, 4.69) is 0 Å². The third-order valence-corrected chi connectivity index (χ3v) is 4.25. The maximum atomic E-state index is 12.4. The number of methoxy groups -OCH3 is 1. The Kier molecular flexibility index (Phi) is 7.69. The molecule has 0 bridgehead atoms. The first kappa shape index (κ1) is 19.2. The summed E-state index contributed by atoms with van der Waals surface area (Å²) in [6.07, 6.45) is 0.286. The quantitative estimate of drug-likeness (QED) is 0.801. The van der Waals surface area contributed by atoms with E-state index in [0.717, 1.165) is 5.56 Å². The first-order chi connectivity index (χ1) is 12.2. The van der Waals surface area contributed by atoms with Gasteiger partial charge >= 0.3 is 6.09 Å². The molecule has 1 saturated heterocycles. The van der Waals surface area contributed by atoms with Crippen LogP contribution in [0.3, 0.4) is 0 Å². The summed E-state index contributed by atoms with van der Waals surface area (Å²) in [6, 6.07) is 9.30. The van der Waals surface area contributed by atoms with Crippen molar-refractivity contribution >= 4 is 12.0 Å². The molecule has 1 aliphatic heterocycles. The lowest BCUT2D eigenvalue weighted by Crippen LogP contribution is -2.44. The van der Waals surface area contributed by atoms with Crippen LogP contribution in [0.15, 0.2) is 30.3 Å². The summed E-state index contributed by atoms with van der Waals surface area (Å²) in [4.78, 5) is 27.9. The molecule has 0 saturated carbocycles. The third-order valence-electron chi connectivity index (χ3n) is 4.25. The molecule has 2 amide bonds. The molecule has 7 heteroatoms. The second kappa shape index (κ2) is 10.0. The highest BCUT2D eigenvalue weighted by molar-refractivity contribution is 5.78. The van der Waals surface area contributed by atoms with E-state index in [1.165, 1.54) is 0 Å². The van der Waals surface area contributed by atoms with E-state index in [0.29, 0.717) is 32.7 Å². The number of amides is 2. The van der Waals surface area contributed by atoms with E-state index in [9.17, 15) is 14.7 Å². The van der Waals surface area contributed by atoms with Crippen LogP contribution in [0.1, 0.15) is 18.4 Å². The molecule has 0 aromatic heterocycles. The van der Waals surface area contributed by atoms with Gasteiger partial charge in [-0.15, -0.1) is 0 Å². The van der Waals surface area contributed by atoms with Crippen molar-refractivity contribution in [3.05, 3.63) is 35.9 Å². The predicted octanol–water partition coefficient (Wildman–Crippen LogP) is 1.25. The van der Waals surface area contributed by atoms with Gasteiger partial charge in [-0.2, -0.15) is 0 Å². The second-order valence-electron chi connectivity index (χ2n) is 5.99. The van der Waals surface area contributed by atoms with Gasteiger partial charge in [-0.3, -0.25) is 4.79 Å². The number of rotatable bonds is 7. The number of nitrogens with zero attached hydrogens (tertiary/aromatic N) is 2. The zero-order valence-electron chi connectivity index (χ0n) is 14.6. The summed E-state index contributed by atoms with van der Waals surface area (Å²) in [5.74, 6) is -0.0335. The number of hydrogen-bond donors (Lipinski definition) is 1. The number of hydrogen-bond acceptors (Lipinski definition) is 5. The Labute approximate surface area is 148 Å². The molecule has 7 nitrogen and oxygen atoms in total. The lowest BCUT2D eigenvalue weighted by molar-refractivity contribution is -0.134. The standard InChI is InChI=1S/C18H26N2O5/c1-24-14-16(8-12-21)20-11-10-19(9-7-17(20)22)18(23)25-13-15-5-3-2-4-6-15/h2-6,16,21H,7-14H2,1H3. The first-order valence-corrected chi connectivity index (χ1v) is 8.50. The van der Waals surface area contributed by atoms with Crippen LogP contribution in [-0.4, -0.2) is 72.9 Å². The van der Waals surface area contributed by atoms with E-state index in [1.54, 1.807) is 16.9 Å². The maximum Gasteiger partial charge on any atom is 0.410 e. The van der Waals surface area contributed by atoms with E-state index in [4.69, 9.17) is 9.47 Å². The van der Waals surface area contributed by atoms with Crippen LogP contribution in [0, 0.1) is 0 Å². The SMILES string of the molecule is COCC(CCO)N1CCN(C(=O)OCc2ccccc2)CCC1=O. The number of benzene rings is 1. The maximum absolute atomic E-state index is 12.4. The van der Waals surface area contributed by atoms with Crippen molar-refractivity contribution in [2.45, 2.75) is 25.5 Å². The number of aliphatic hydroxyl groups excluding tert-OH is 1. The number of carbonyl (C=O) groups is 2. The molecule has 1 fully saturated rings. The fourth-order valence-electron chi connectivity index (χ4n) is 2.89. The van der Waals surface area contributed by atoms with Crippen molar-refractivity contribution in [2.24, 2.45) is 0 Å². The van der Waals surface area contributed by atoms with E-state index in [-0.39, 0.29) is 31.6 Å². The Morgan fingerprint density at radius 3 is 2.68 bits per heavy atom. The van der Waals surface area contributed by atoms with Gasteiger partial charge in [0.1, 0.15) is 6.61 Å². The molecule has 138 valence electrons. The minimum absolute atomic E-state index is 0.0133. The summed E-state index contributed by atoms with van der Waals surface area (Å²) in [7, 11) is 1.57. The van der Waals surface area contributed by atoms with Gasteiger partial charge < -0.3 is 24.4 Å². The number of aliphatic hydroxyl groups is 1. The highest BCUT2D eigenvalue weighted by Crippen LogP contribution is 2.13. The first-order valence-electron chi connectivity index (χ1n) is 8.50. The predicted molar refractivity (Wildman–Crippen MR) is 91.9 cm³/mol. The van der Waals surface area contributed by atoms with Gasteiger partial charge in [0.2, 0.25) is 5.91 Å². The smallest absolute Gasteiger partial charge is 0.410 e. The molecular weight excluding hydrogens is 324 g/mol. The van der Waals surface area contributed by atoms with E-state index >= 15 is 0 Å². The van der Waals surface area contributed by atoms with Crippen LogP contribution in [0.5, 0.6) is 0 Å². The fourth-order valence-corrected chi connectivity index (χ4v) is 2.89. The monoisotopic (exact) mass is 350 g/mol. The van der Waals surface area contributed by atoms with Crippen molar-refractivity contribution in [1.29, 1.82) is 0 Å². The van der Waals surface area contributed by atoms with Crippen molar-refractivity contribution < 1.29 is 24.2 Å². The van der Waals surface area contributed by atoms with Gasteiger partial charge in [0.05, 0.1) is 12.6 Å². The van der Waals surface area contributed by atoms with Gasteiger partial charge in [-0.1, -0.05) is 30.3 Å². The van der Waals surface area contributed by atoms with Crippen LogP contribution >= 0.6 is 0 Å². The zero-order chi connectivity index (χ0) is 18.1. The summed E-state index contributed by atoms with van der Waals surface area (Å²) in [5.41, 5.74) is 0.923. The Morgan fingerprint density at radius 2 is 2.00 bits per heavy atom. The minimum atomic E-state index is -0.413. The average Bonchev–Trinajstić information content (AvgIpc) is 2.82. The molecule has 25 heavy (non-hydrogen) atoms. The van der Waals surface area contributed by atoms with Crippen LogP contribution in [0.25, 0.3) is 0 Å². The molecule has 0 aliphatic carbocycles. The molecular formula is C18H26N2O5. The molecule has 1 atom stereocenters. The molecule has 1 unspecified atom stereocenters. The molecule has 0 radical (unpaired) electrons. The van der Waals surface area contributed by atoms with Gasteiger partial charge in [-0.25, -0.2) is 4.79 Å². The fraction of sp³-hybridized carbons (Fsp3) is 0.556. The topological polar surface area (TPSA) is 79.3 Å². The summed E-state index contributed by atoms with van der Waals surface area (Å²) >= 11 is 0. The Bertz CT molecular complexity index is 546. The molecule has 1 aromatic carbocycles. The summed E-state index contributed by atoms with van der Waals surface area (Å²) in [6.45, 7) is 1.72. The zero-order valence-corrected chi connectivity index (χ0v) is 14.6. The van der Waals surface area contributed by atoms with Crippen LogP contribution in [0.4, 0.5) is 4.79 Å². The third kappa shape index (κ3) is 5.72. The lowest BCUT2D eigenvalue weighted by atomic mass is 10.2. The Hall–Kier alpha value is -2.12. The molecule has 2 rings (SSSR count). The number of carbonyl (C=O) groups excluding carboxylic acids is 2. The molecule has 1 heterocycles. The second-order valence-corrected chi connectivity index (χ2v) is 5.99. The highest BCUT2D eigenvalue weighted by atomic mass is 16.6. The molecule has 0 spiro atoms. The van der Waals surface area contributed by atoms with Crippen LogP contribution < -0.4 is 0 Å². The van der Waals surface area contributed by atoms with E-state index < -0.39 is 6.09 Å². The average molecular weight is 350 g/mol.